The van der Waals surface area contributed by atoms with Gasteiger partial charge in [0.05, 0.1) is 5.69 Å². The van der Waals surface area contributed by atoms with E-state index in [1.807, 2.05) is 6.07 Å². The molecular weight excluding hydrogens is 314 g/mol. The summed E-state index contributed by atoms with van der Waals surface area (Å²) in [6.45, 7) is 6.37. The third kappa shape index (κ3) is 2.35. The maximum absolute atomic E-state index is 6.09. The number of rotatable bonds is 1. The Morgan fingerprint density at radius 1 is 1.12 bits per heavy atom. The molecule has 6 heteroatoms. The lowest BCUT2D eigenvalue weighted by Crippen LogP contribution is -2.45. The van der Waals surface area contributed by atoms with Crippen molar-refractivity contribution in [2.75, 3.05) is 43.0 Å². The van der Waals surface area contributed by atoms with Crippen LogP contribution in [0.5, 0.6) is 11.6 Å². The summed E-state index contributed by atoms with van der Waals surface area (Å²) in [4.78, 5) is 7.07. The summed E-state index contributed by atoms with van der Waals surface area (Å²) in [6.07, 6.45) is 2.24. The van der Waals surface area contributed by atoms with Crippen molar-refractivity contribution in [1.29, 1.82) is 0 Å². The van der Waals surface area contributed by atoms with Crippen molar-refractivity contribution in [3.8, 4) is 11.6 Å². The molecule has 0 amide bonds. The highest BCUT2D eigenvalue weighted by Gasteiger charge is 2.35. The summed E-state index contributed by atoms with van der Waals surface area (Å²) in [5.74, 6) is 2.48. The molecule has 0 aliphatic carbocycles. The highest BCUT2D eigenvalue weighted by Crippen LogP contribution is 2.51. The van der Waals surface area contributed by atoms with Gasteiger partial charge in [0.15, 0.2) is 11.6 Å². The lowest BCUT2D eigenvalue weighted by Gasteiger charge is -2.41. The van der Waals surface area contributed by atoms with E-state index in [9.17, 15) is 0 Å². The average Bonchev–Trinajstić information content (AvgIpc) is 2.64. The summed E-state index contributed by atoms with van der Waals surface area (Å²) in [5.41, 5.74) is 3.63. The molecule has 0 saturated carbocycles. The molecule has 1 aromatic heterocycles. The number of piperazine rings is 1. The molecule has 0 spiro atoms. The van der Waals surface area contributed by atoms with Crippen LogP contribution in [0, 0.1) is 0 Å². The Morgan fingerprint density at radius 3 is 2.80 bits per heavy atom. The third-order valence-corrected chi connectivity index (χ3v) is 5.62. The lowest BCUT2D eigenvalue weighted by atomic mass is 9.94. The van der Waals surface area contributed by atoms with Gasteiger partial charge in [-0.3, -0.25) is 0 Å². The minimum Gasteiger partial charge on any atom is -0.434 e. The number of fused-ring (bicyclic) bond motifs is 2. The second kappa shape index (κ2) is 5.59. The van der Waals surface area contributed by atoms with Gasteiger partial charge in [-0.15, -0.1) is 10.2 Å². The van der Waals surface area contributed by atoms with Crippen molar-refractivity contribution < 1.29 is 4.74 Å². The number of ether oxygens (including phenoxy) is 1. The van der Waals surface area contributed by atoms with Crippen LogP contribution in [0.25, 0.3) is 0 Å². The second-order valence-corrected chi connectivity index (χ2v) is 7.31. The normalized spacial score (nSPS) is 22.2. The van der Waals surface area contributed by atoms with Crippen molar-refractivity contribution in [3.05, 3.63) is 29.8 Å². The molecule has 130 valence electrons. The first-order valence-corrected chi connectivity index (χ1v) is 9.11. The monoisotopic (exact) mass is 337 g/mol. The number of likely N-dealkylation sites (N-methyl/N-ethyl adjacent to an activating group) is 1. The number of nitrogens with zero attached hydrogens (tertiary/aromatic N) is 5. The molecular formula is C19H23N5O. The molecule has 1 unspecified atom stereocenters. The van der Waals surface area contributed by atoms with Crippen molar-refractivity contribution in [2.24, 2.45) is 0 Å². The summed E-state index contributed by atoms with van der Waals surface area (Å²) >= 11 is 0. The summed E-state index contributed by atoms with van der Waals surface area (Å²) < 4.78 is 6.09. The fourth-order valence-electron chi connectivity index (χ4n) is 4.10. The number of anilines is 3. The predicted octanol–water partition coefficient (Wildman–Crippen LogP) is 2.81. The van der Waals surface area contributed by atoms with Crippen LogP contribution in [0.2, 0.25) is 0 Å². The van der Waals surface area contributed by atoms with E-state index in [1.165, 1.54) is 11.3 Å². The largest absolute Gasteiger partial charge is 0.434 e. The van der Waals surface area contributed by atoms with Gasteiger partial charge in [0.2, 0.25) is 0 Å². The van der Waals surface area contributed by atoms with Crippen molar-refractivity contribution >= 4 is 17.2 Å². The fourth-order valence-corrected chi connectivity index (χ4v) is 4.10. The van der Waals surface area contributed by atoms with Gasteiger partial charge in [0, 0.05) is 38.3 Å². The Balaban J connectivity index is 1.57. The standard InChI is InChI=1S/C19H23N5O/c1-13-6-7-14-4-3-5-16-18(14)24(13)15-12-17(20-21-19(15)25-16)23-10-8-22(2)9-11-23/h3-5,12-13H,6-11H2,1-2H3. The fraction of sp³-hybridized carbons (Fsp3) is 0.474. The van der Waals surface area contributed by atoms with Crippen molar-refractivity contribution in [3.63, 3.8) is 0 Å². The minimum absolute atomic E-state index is 0.431. The number of hydrogen-bond acceptors (Lipinski definition) is 6. The Labute approximate surface area is 148 Å². The van der Waals surface area contributed by atoms with Gasteiger partial charge in [0.25, 0.3) is 5.88 Å². The van der Waals surface area contributed by atoms with Gasteiger partial charge in [0.1, 0.15) is 5.69 Å². The minimum atomic E-state index is 0.431. The van der Waals surface area contributed by atoms with Crippen LogP contribution < -0.4 is 14.5 Å². The van der Waals surface area contributed by atoms with Crippen molar-refractivity contribution in [2.45, 2.75) is 25.8 Å². The first-order chi connectivity index (χ1) is 12.2. The molecule has 1 atom stereocenters. The van der Waals surface area contributed by atoms with Crippen LogP contribution >= 0.6 is 0 Å². The SMILES string of the molecule is CC1CCc2cccc3c2N1c1cc(N2CCN(C)CC2)nnc1O3. The molecule has 0 radical (unpaired) electrons. The van der Waals surface area contributed by atoms with Gasteiger partial charge in [-0.2, -0.15) is 0 Å². The number of benzene rings is 1. The van der Waals surface area contributed by atoms with Crippen LogP contribution in [-0.2, 0) is 6.42 Å². The number of aryl methyl sites for hydroxylation is 1. The van der Waals surface area contributed by atoms with Crippen LogP contribution in [0.1, 0.15) is 18.9 Å². The highest BCUT2D eigenvalue weighted by atomic mass is 16.5. The molecule has 0 N–H and O–H groups in total. The zero-order valence-corrected chi connectivity index (χ0v) is 14.8. The number of aromatic nitrogens is 2. The van der Waals surface area contributed by atoms with Crippen LogP contribution in [0.4, 0.5) is 17.2 Å². The Morgan fingerprint density at radius 2 is 1.96 bits per heavy atom. The maximum atomic E-state index is 6.09. The maximum Gasteiger partial charge on any atom is 0.263 e. The predicted molar refractivity (Wildman–Crippen MR) is 98.2 cm³/mol. The van der Waals surface area contributed by atoms with E-state index >= 15 is 0 Å². The van der Waals surface area contributed by atoms with Crippen LogP contribution in [0.3, 0.4) is 0 Å². The summed E-state index contributed by atoms with van der Waals surface area (Å²) in [7, 11) is 2.16. The number of hydrogen-bond donors (Lipinski definition) is 0. The molecule has 1 aromatic carbocycles. The molecule has 3 aliphatic heterocycles. The number of para-hydroxylation sites is 1. The quantitative estimate of drug-likeness (QED) is 0.797. The Bertz CT molecular complexity index is 815. The van der Waals surface area contributed by atoms with Crippen molar-refractivity contribution in [1.82, 2.24) is 15.1 Å². The summed E-state index contributed by atoms with van der Waals surface area (Å²) in [5, 5.41) is 8.88. The first-order valence-electron chi connectivity index (χ1n) is 9.11. The molecule has 1 saturated heterocycles. The van der Waals surface area contributed by atoms with Gasteiger partial charge >= 0.3 is 0 Å². The zero-order valence-electron chi connectivity index (χ0n) is 14.8. The Kier molecular flexibility index (Phi) is 3.35. The molecule has 3 aliphatic rings. The molecule has 2 aromatic rings. The van der Waals surface area contributed by atoms with Crippen LogP contribution in [-0.4, -0.2) is 54.4 Å². The first kappa shape index (κ1) is 15.0. The molecule has 6 nitrogen and oxygen atoms in total. The van der Waals surface area contributed by atoms with E-state index in [0.717, 1.165) is 56.3 Å². The van der Waals surface area contributed by atoms with E-state index in [-0.39, 0.29) is 0 Å². The molecule has 1 fully saturated rings. The average molecular weight is 337 g/mol. The molecule has 25 heavy (non-hydrogen) atoms. The highest BCUT2D eigenvalue weighted by molar-refractivity contribution is 5.81. The van der Waals surface area contributed by atoms with E-state index < -0.39 is 0 Å². The molecule has 4 heterocycles. The van der Waals surface area contributed by atoms with E-state index in [4.69, 9.17) is 4.74 Å². The topological polar surface area (TPSA) is 44.7 Å². The Hall–Kier alpha value is -2.34. The lowest BCUT2D eigenvalue weighted by molar-refractivity contribution is 0.311. The van der Waals surface area contributed by atoms with Gasteiger partial charge in [-0.05, 0) is 38.4 Å². The molecule has 5 rings (SSSR count). The van der Waals surface area contributed by atoms with E-state index in [1.54, 1.807) is 0 Å². The van der Waals surface area contributed by atoms with Gasteiger partial charge in [-0.1, -0.05) is 12.1 Å². The van der Waals surface area contributed by atoms with Gasteiger partial charge in [-0.25, -0.2) is 0 Å². The third-order valence-electron chi connectivity index (χ3n) is 5.62. The van der Waals surface area contributed by atoms with E-state index in [2.05, 4.69) is 57.1 Å². The van der Waals surface area contributed by atoms with Crippen LogP contribution in [0.15, 0.2) is 24.3 Å². The zero-order chi connectivity index (χ0) is 17.0. The van der Waals surface area contributed by atoms with E-state index in [0.29, 0.717) is 11.9 Å². The van der Waals surface area contributed by atoms with Gasteiger partial charge < -0.3 is 19.4 Å². The summed E-state index contributed by atoms with van der Waals surface area (Å²) in [6, 6.07) is 8.90. The molecule has 0 bridgehead atoms. The smallest absolute Gasteiger partial charge is 0.263 e. The second-order valence-electron chi connectivity index (χ2n) is 7.31.